The summed E-state index contributed by atoms with van der Waals surface area (Å²) in [6.07, 6.45) is 3.29. The number of nitrogens with one attached hydrogen (secondary N) is 1. The fraction of sp³-hybridized carbons (Fsp3) is 0.600. The van der Waals surface area contributed by atoms with Crippen LogP contribution in [0.15, 0.2) is 23.1 Å². The highest BCUT2D eigenvalue weighted by Crippen LogP contribution is 2.31. The molecule has 4 nitrogen and oxygen atoms in total. The number of hydrogen-bond donors (Lipinski definition) is 1. The van der Waals surface area contributed by atoms with Gasteiger partial charge in [-0.2, -0.15) is 0 Å². The SMILES string of the molecule is CCCNCc1cc(S(=O)(=O)N(C)CC2CC2)ccc1Cl. The second-order valence-corrected chi connectivity index (χ2v) is 8.11. The van der Waals surface area contributed by atoms with Gasteiger partial charge in [0, 0.05) is 25.2 Å². The molecule has 0 spiro atoms. The molecule has 2 rings (SSSR count). The number of benzene rings is 1. The van der Waals surface area contributed by atoms with Gasteiger partial charge in [-0.3, -0.25) is 0 Å². The van der Waals surface area contributed by atoms with Gasteiger partial charge in [-0.15, -0.1) is 0 Å². The average molecular weight is 331 g/mol. The summed E-state index contributed by atoms with van der Waals surface area (Å²) in [5.41, 5.74) is 0.825. The van der Waals surface area contributed by atoms with E-state index in [1.807, 2.05) is 0 Å². The number of rotatable bonds is 8. The standard InChI is InChI=1S/C15H23ClN2O2S/c1-3-8-17-10-13-9-14(6-7-15(13)16)21(19,20)18(2)11-12-4-5-12/h6-7,9,12,17H,3-5,8,10-11H2,1-2H3. The fourth-order valence-corrected chi connectivity index (χ4v) is 3.67. The second-order valence-electron chi connectivity index (χ2n) is 5.66. The maximum absolute atomic E-state index is 12.6. The quantitative estimate of drug-likeness (QED) is 0.746. The van der Waals surface area contributed by atoms with Crippen molar-refractivity contribution in [2.45, 2.75) is 37.6 Å². The molecule has 1 aliphatic rings. The summed E-state index contributed by atoms with van der Waals surface area (Å²) >= 11 is 6.15. The Kier molecular flexibility index (Phi) is 5.66. The highest BCUT2D eigenvalue weighted by molar-refractivity contribution is 7.89. The van der Waals surface area contributed by atoms with E-state index in [2.05, 4.69) is 12.2 Å². The lowest BCUT2D eigenvalue weighted by Gasteiger charge is -2.18. The third kappa shape index (κ3) is 4.42. The van der Waals surface area contributed by atoms with Crippen LogP contribution in [0.5, 0.6) is 0 Å². The van der Waals surface area contributed by atoms with E-state index in [1.165, 1.54) is 4.31 Å². The van der Waals surface area contributed by atoms with Gasteiger partial charge in [-0.25, -0.2) is 12.7 Å². The highest BCUT2D eigenvalue weighted by Gasteiger charge is 2.29. The molecule has 1 N–H and O–H groups in total. The topological polar surface area (TPSA) is 49.4 Å². The van der Waals surface area contributed by atoms with Gasteiger partial charge in [-0.1, -0.05) is 18.5 Å². The van der Waals surface area contributed by atoms with Crippen molar-refractivity contribution in [2.75, 3.05) is 20.1 Å². The Morgan fingerprint density at radius 2 is 2.10 bits per heavy atom. The molecule has 0 aliphatic heterocycles. The van der Waals surface area contributed by atoms with Crippen LogP contribution in [0.2, 0.25) is 5.02 Å². The Hall–Kier alpha value is -0.620. The maximum Gasteiger partial charge on any atom is 0.242 e. The molecule has 0 heterocycles. The summed E-state index contributed by atoms with van der Waals surface area (Å²) in [6, 6.07) is 4.94. The lowest BCUT2D eigenvalue weighted by atomic mass is 10.2. The zero-order valence-corrected chi connectivity index (χ0v) is 14.2. The van der Waals surface area contributed by atoms with E-state index in [4.69, 9.17) is 11.6 Å². The van der Waals surface area contributed by atoms with Crippen LogP contribution < -0.4 is 5.32 Å². The Morgan fingerprint density at radius 1 is 1.38 bits per heavy atom. The molecule has 0 bridgehead atoms. The number of nitrogens with zero attached hydrogens (tertiary/aromatic N) is 1. The first-order chi connectivity index (χ1) is 9.95. The van der Waals surface area contributed by atoms with E-state index in [9.17, 15) is 8.42 Å². The van der Waals surface area contributed by atoms with Crippen molar-refractivity contribution in [2.24, 2.45) is 5.92 Å². The number of hydrogen-bond acceptors (Lipinski definition) is 3. The molecule has 0 unspecified atom stereocenters. The maximum atomic E-state index is 12.6. The van der Waals surface area contributed by atoms with Gasteiger partial charge in [0.05, 0.1) is 4.90 Å². The summed E-state index contributed by atoms with van der Waals surface area (Å²) in [6.45, 7) is 4.16. The predicted molar refractivity (Wildman–Crippen MR) is 86.0 cm³/mol. The van der Waals surface area contributed by atoms with Crippen molar-refractivity contribution in [1.29, 1.82) is 0 Å². The summed E-state index contributed by atoms with van der Waals surface area (Å²) < 4.78 is 26.6. The molecule has 1 aromatic carbocycles. The van der Waals surface area contributed by atoms with Crippen LogP contribution in [0.4, 0.5) is 0 Å². The summed E-state index contributed by atoms with van der Waals surface area (Å²) in [4.78, 5) is 0.323. The third-order valence-electron chi connectivity index (χ3n) is 3.68. The minimum Gasteiger partial charge on any atom is -0.313 e. The van der Waals surface area contributed by atoms with E-state index >= 15 is 0 Å². The van der Waals surface area contributed by atoms with Crippen LogP contribution in [0, 0.1) is 5.92 Å². The van der Waals surface area contributed by atoms with Gasteiger partial charge >= 0.3 is 0 Å². The molecule has 1 fully saturated rings. The van der Waals surface area contributed by atoms with E-state index in [0.717, 1.165) is 31.4 Å². The molecule has 1 aromatic rings. The Labute approximate surface area is 132 Å². The van der Waals surface area contributed by atoms with Gasteiger partial charge < -0.3 is 5.32 Å². The minimum atomic E-state index is -3.42. The monoisotopic (exact) mass is 330 g/mol. The molecular formula is C15H23ClN2O2S. The number of sulfonamides is 1. The van der Waals surface area contributed by atoms with Crippen LogP contribution in [0.1, 0.15) is 31.7 Å². The molecule has 118 valence electrons. The third-order valence-corrected chi connectivity index (χ3v) is 5.87. The fourth-order valence-electron chi connectivity index (χ4n) is 2.19. The lowest BCUT2D eigenvalue weighted by molar-refractivity contribution is 0.453. The van der Waals surface area contributed by atoms with E-state index < -0.39 is 10.0 Å². The smallest absolute Gasteiger partial charge is 0.242 e. The van der Waals surface area contributed by atoms with Crippen molar-refractivity contribution < 1.29 is 8.42 Å². The largest absolute Gasteiger partial charge is 0.313 e. The first-order valence-electron chi connectivity index (χ1n) is 7.40. The second kappa shape index (κ2) is 7.09. The van der Waals surface area contributed by atoms with E-state index in [0.29, 0.717) is 28.9 Å². The zero-order valence-electron chi connectivity index (χ0n) is 12.6. The number of halogens is 1. The zero-order chi connectivity index (χ0) is 15.5. The molecule has 6 heteroatoms. The lowest BCUT2D eigenvalue weighted by Crippen LogP contribution is -2.29. The van der Waals surface area contributed by atoms with Crippen LogP contribution in [-0.4, -0.2) is 32.9 Å². The van der Waals surface area contributed by atoms with Crippen LogP contribution in [0.25, 0.3) is 0 Å². The molecule has 0 atom stereocenters. The summed E-state index contributed by atoms with van der Waals surface area (Å²) in [5, 5.41) is 3.85. The predicted octanol–water partition coefficient (Wildman–Crippen LogP) is 2.87. The van der Waals surface area contributed by atoms with Gasteiger partial charge in [0.1, 0.15) is 0 Å². The van der Waals surface area contributed by atoms with Crippen molar-refractivity contribution in [1.82, 2.24) is 9.62 Å². The van der Waals surface area contributed by atoms with Gasteiger partial charge in [0.15, 0.2) is 0 Å². The summed E-state index contributed by atoms with van der Waals surface area (Å²) in [5.74, 6) is 0.530. The molecule has 0 radical (unpaired) electrons. The van der Waals surface area contributed by atoms with Crippen molar-refractivity contribution in [3.05, 3.63) is 28.8 Å². The Bertz CT molecular complexity index is 585. The Balaban J connectivity index is 2.15. The average Bonchev–Trinajstić information content (AvgIpc) is 3.24. The van der Waals surface area contributed by atoms with Gasteiger partial charge in [0.25, 0.3) is 0 Å². The van der Waals surface area contributed by atoms with E-state index in [-0.39, 0.29) is 0 Å². The summed E-state index contributed by atoms with van der Waals surface area (Å²) in [7, 11) is -1.77. The van der Waals surface area contributed by atoms with Crippen LogP contribution >= 0.6 is 11.6 Å². The molecule has 1 saturated carbocycles. The normalized spacial score (nSPS) is 15.6. The van der Waals surface area contributed by atoms with Crippen molar-refractivity contribution in [3.63, 3.8) is 0 Å². The van der Waals surface area contributed by atoms with Gasteiger partial charge in [0.2, 0.25) is 10.0 Å². The molecule has 1 aliphatic carbocycles. The van der Waals surface area contributed by atoms with Crippen molar-refractivity contribution in [3.8, 4) is 0 Å². The molecule has 0 aromatic heterocycles. The Morgan fingerprint density at radius 3 is 2.71 bits per heavy atom. The molecule has 0 amide bonds. The first-order valence-corrected chi connectivity index (χ1v) is 9.22. The molecule has 0 saturated heterocycles. The highest BCUT2D eigenvalue weighted by atomic mass is 35.5. The minimum absolute atomic E-state index is 0.323. The first kappa shape index (κ1) is 16.7. The molecule has 21 heavy (non-hydrogen) atoms. The van der Waals surface area contributed by atoms with E-state index in [1.54, 1.807) is 25.2 Å². The molecular weight excluding hydrogens is 308 g/mol. The van der Waals surface area contributed by atoms with Crippen LogP contribution in [-0.2, 0) is 16.6 Å². The van der Waals surface area contributed by atoms with Crippen LogP contribution in [0.3, 0.4) is 0 Å². The van der Waals surface area contributed by atoms with Gasteiger partial charge in [-0.05, 0) is 55.5 Å². The van der Waals surface area contributed by atoms with Crippen molar-refractivity contribution >= 4 is 21.6 Å².